The number of nitrogens with zero attached hydrogens (tertiary/aromatic N) is 1. The van der Waals surface area contributed by atoms with Crippen LogP contribution in [0, 0.1) is 0 Å². The number of nitrogens with one attached hydrogen (secondary N) is 4. The van der Waals surface area contributed by atoms with Crippen molar-refractivity contribution in [3.8, 4) is 5.75 Å². The second kappa shape index (κ2) is 23.4. The zero-order valence-electron chi connectivity index (χ0n) is 31.3. The molecule has 4 unspecified atom stereocenters. The molecule has 0 bridgehead atoms. The molecule has 1 saturated heterocycles. The number of aliphatic hydroxyl groups is 1. The Bertz CT molecular complexity index is 1310. The van der Waals surface area contributed by atoms with Gasteiger partial charge in [0.25, 0.3) is 0 Å². The number of carboxylic acid groups (broad SMARTS) is 1. The summed E-state index contributed by atoms with van der Waals surface area (Å²) in [4.78, 5) is 78.2. The minimum atomic E-state index is -1.28. The number of rotatable bonds is 24. The highest BCUT2D eigenvalue weighted by Crippen LogP contribution is 2.20. The van der Waals surface area contributed by atoms with Crippen molar-refractivity contribution in [2.24, 2.45) is 0 Å². The quantitative estimate of drug-likeness (QED) is 0.0777. The van der Waals surface area contributed by atoms with Gasteiger partial charge in [0.05, 0.1) is 6.10 Å². The normalized spacial score (nSPS) is 16.9. The van der Waals surface area contributed by atoms with E-state index in [-0.39, 0.29) is 31.0 Å². The van der Waals surface area contributed by atoms with Crippen LogP contribution in [0.4, 0.5) is 0 Å². The highest BCUT2D eigenvalue weighted by atomic mass is 16.4. The van der Waals surface area contributed by atoms with Crippen LogP contribution in [0.15, 0.2) is 24.3 Å². The van der Waals surface area contributed by atoms with Gasteiger partial charge in [0, 0.05) is 19.4 Å². The van der Waals surface area contributed by atoms with Crippen LogP contribution in [0.25, 0.3) is 0 Å². The van der Waals surface area contributed by atoms with E-state index in [1.54, 1.807) is 12.1 Å². The molecule has 2 rings (SSSR count). The highest BCUT2D eigenvalue weighted by molar-refractivity contribution is 5.96. The van der Waals surface area contributed by atoms with E-state index in [9.17, 15) is 44.1 Å². The maximum atomic E-state index is 13.3. The van der Waals surface area contributed by atoms with Crippen LogP contribution in [-0.4, -0.2) is 98.6 Å². The van der Waals surface area contributed by atoms with Crippen molar-refractivity contribution in [2.75, 3.05) is 6.54 Å². The van der Waals surface area contributed by atoms with Gasteiger partial charge in [-0.2, -0.15) is 0 Å². The summed E-state index contributed by atoms with van der Waals surface area (Å²) in [5, 5.41) is 39.5. The van der Waals surface area contributed by atoms with E-state index in [2.05, 4.69) is 28.2 Å². The van der Waals surface area contributed by atoms with Crippen molar-refractivity contribution in [2.45, 2.75) is 160 Å². The Labute approximate surface area is 307 Å². The average Bonchev–Trinajstić information content (AvgIpc) is 3.59. The van der Waals surface area contributed by atoms with Gasteiger partial charge in [0.15, 0.2) is 0 Å². The lowest BCUT2D eigenvalue weighted by molar-refractivity contribution is -0.144. The molecule has 0 aromatic heterocycles. The van der Waals surface area contributed by atoms with Crippen LogP contribution in [-0.2, 0) is 35.2 Å². The van der Waals surface area contributed by atoms with Crippen LogP contribution in [0.5, 0.6) is 5.75 Å². The van der Waals surface area contributed by atoms with Gasteiger partial charge in [0.2, 0.25) is 29.5 Å². The average molecular weight is 732 g/mol. The molecule has 1 aliphatic rings. The number of aromatic hydroxyl groups is 1. The summed E-state index contributed by atoms with van der Waals surface area (Å²) in [5.74, 6) is -4.22. The Balaban J connectivity index is 1.81. The van der Waals surface area contributed by atoms with Crippen LogP contribution in [0.3, 0.4) is 0 Å². The standard InChI is InChI=1S/C38H61N5O9/c1-5-6-7-8-9-10-11-12-13-14-15-18-32(46)42-33(27(4)44)36(49)39-25(2)34(47)40-26(3)37(50)43-23-16-17-31(43)35(48)41-30(38(51)52)24-28-19-21-29(45)22-20-28/h19-22,25-27,30-31,33,44-45H,5-18,23-24H2,1-4H3,(H,39,49)(H,40,47)(H,41,48)(H,42,46)(H,51,52)/t25?,26?,27-,30?,31?,33+/m1/s1. The molecule has 1 aromatic rings. The summed E-state index contributed by atoms with van der Waals surface area (Å²) < 4.78 is 0. The Hall–Kier alpha value is -4.20. The molecule has 6 atom stereocenters. The third-order valence-corrected chi connectivity index (χ3v) is 9.40. The zero-order valence-corrected chi connectivity index (χ0v) is 31.3. The highest BCUT2D eigenvalue weighted by Gasteiger charge is 2.38. The summed E-state index contributed by atoms with van der Waals surface area (Å²) >= 11 is 0. The van der Waals surface area contributed by atoms with E-state index in [1.807, 2.05) is 0 Å². The number of likely N-dealkylation sites (tertiary alicyclic amines) is 1. The number of aliphatic carboxylic acids is 1. The summed E-state index contributed by atoms with van der Waals surface area (Å²) in [5.41, 5.74) is 0.587. The lowest BCUT2D eigenvalue weighted by atomic mass is 10.0. The molecule has 14 heteroatoms. The molecule has 52 heavy (non-hydrogen) atoms. The Morgan fingerprint density at radius 1 is 0.769 bits per heavy atom. The van der Waals surface area contributed by atoms with Crippen molar-refractivity contribution in [1.82, 2.24) is 26.2 Å². The van der Waals surface area contributed by atoms with E-state index in [0.29, 0.717) is 24.8 Å². The van der Waals surface area contributed by atoms with Gasteiger partial charge in [-0.1, -0.05) is 83.3 Å². The zero-order chi connectivity index (χ0) is 38.6. The first-order valence-corrected chi connectivity index (χ1v) is 18.9. The monoisotopic (exact) mass is 731 g/mol. The van der Waals surface area contributed by atoms with E-state index in [0.717, 1.165) is 19.3 Å². The van der Waals surface area contributed by atoms with Gasteiger partial charge in [-0.25, -0.2) is 4.79 Å². The van der Waals surface area contributed by atoms with E-state index in [1.165, 1.54) is 82.7 Å². The van der Waals surface area contributed by atoms with Crippen molar-refractivity contribution in [3.63, 3.8) is 0 Å². The van der Waals surface area contributed by atoms with Gasteiger partial charge in [-0.3, -0.25) is 24.0 Å². The van der Waals surface area contributed by atoms with Crippen molar-refractivity contribution < 1.29 is 44.1 Å². The Morgan fingerprint density at radius 2 is 1.33 bits per heavy atom. The molecule has 0 radical (unpaired) electrons. The molecule has 0 aliphatic carbocycles. The lowest BCUT2D eigenvalue weighted by Crippen LogP contribution is -2.58. The van der Waals surface area contributed by atoms with Gasteiger partial charge >= 0.3 is 5.97 Å². The SMILES string of the molecule is CCCCCCCCCCCCCC(=O)N[C@H](C(=O)NC(C)C(=O)NC(C)C(=O)N1CCCC1C(=O)NC(Cc1ccc(O)cc1)C(=O)O)[C@@H](C)O. The van der Waals surface area contributed by atoms with Gasteiger partial charge in [-0.15, -0.1) is 0 Å². The van der Waals surface area contributed by atoms with Crippen molar-refractivity contribution in [3.05, 3.63) is 29.8 Å². The molecule has 0 saturated carbocycles. The van der Waals surface area contributed by atoms with Gasteiger partial charge < -0.3 is 41.5 Å². The maximum absolute atomic E-state index is 13.3. The molecule has 5 amide bonds. The Morgan fingerprint density at radius 3 is 1.88 bits per heavy atom. The maximum Gasteiger partial charge on any atom is 0.326 e. The predicted molar refractivity (Wildman–Crippen MR) is 196 cm³/mol. The number of phenols is 1. The molecule has 292 valence electrons. The van der Waals surface area contributed by atoms with Crippen molar-refractivity contribution >= 4 is 35.5 Å². The second-order valence-electron chi connectivity index (χ2n) is 14.0. The third kappa shape index (κ3) is 15.6. The van der Waals surface area contributed by atoms with E-state index < -0.39 is 65.9 Å². The number of benzene rings is 1. The summed E-state index contributed by atoms with van der Waals surface area (Å²) in [6.45, 7) is 6.66. The number of carbonyl (C=O) groups is 6. The number of carbonyl (C=O) groups excluding carboxylic acids is 5. The topological polar surface area (TPSA) is 214 Å². The molecule has 1 fully saturated rings. The number of hydrogen-bond acceptors (Lipinski definition) is 8. The minimum absolute atomic E-state index is 0.0235. The first kappa shape index (κ1) is 44.0. The van der Waals surface area contributed by atoms with Crippen LogP contribution < -0.4 is 21.3 Å². The predicted octanol–water partition coefficient (Wildman–Crippen LogP) is 3.07. The summed E-state index contributed by atoms with van der Waals surface area (Å²) in [6, 6.07) is 0.255. The minimum Gasteiger partial charge on any atom is -0.508 e. The van der Waals surface area contributed by atoms with Gasteiger partial charge in [-0.05, 0) is 57.7 Å². The van der Waals surface area contributed by atoms with E-state index in [4.69, 9.17) is 0 Å². The fourth-order valence-electron chi connectivity index (χ4n) is 6.26. The number of aliphatic hydroxyl groups excluding tert-OH is 1. The number of unbranched alkanes of at least 4 members (excludes halogenated alkanes) is 10. The number of carboxylic acids is 1. The fraction of sp³-hybridized carbons (Fsp3) is 0.684. The van der Waals surface area contributed by atoms with Crippen LogP contribution >= 0.6 is 0 Å². The van der Waals surface area contributed by atoms with Gasteiger partial charge in [0.1, 0.15) is 36.0 Å². The van der Waals surface area contributed by atoms with Crippen LogP contribution in [0.2, 0.25) is 0 Å². The second-order valence-corrected chi connectivity index (χ2v) is 14.0. The molecule has 14 nitrogen and oxygen atoms in total. The van der Waals surface area contributed by atoms with Crippen molar-refractivity contribution in [1.29, 1.82) is 0 Å². The third-order valence-electron chi connectivity index (χ3n) is 9.40. The molecule has 1 heterocycles. The largest absolute Gasteiger partial charge is 0.508 e. The fourth-order valence-corrected chi connectivity index (χ4v) is 6.26. The molecule has 7 N–H and O–H groups in total. The molecular formula is C38H61N5O9. The van der Waals surface area contributed by atoms with E-state index >= 15 is 0 Å². The first-order chi connectivity index (χ1) is 24.7. The lowest BCUT2D eigenvalue weighted by Gasteiger charge is -2.29. The van der Waals surface area contributed by atoms with Crippen LogP contribution in [0.1, 0.15) is 123 Å². The molecule has 0 spiro atoms. The summed E-state index contributed by atoms with van der Waals surface area (Å²) in [6.07, 6.45) is 12.3. The number of amides is 5. The first-order valence-electron chi connectivity index (χ1n) is 18.9. The summed E-state index contributed by atoms with van der Waals surface area (Å²) in [7, 11) is 0. The number of hydrogen-bond donors (Lipinski definition) is 7. The molecule has 1 aromatic carbocycles. The molecular weight excluding hydrogens is 670 g/mol. The molecule has 1 aliphatic heterocycles. The smallest absolute Gasteiger partial charge is 0.326 e. The Kier molecular flexibility index (Phi) is 19.8. The number of phenolic OH excluding ortho intramolecular Hbond substituents is 1.